The summed E-state index contributed by atoms with van der Waals surface area (Å²) in [5.41, 5.74) is -0.156. The number of rotatable bonds is 5. The van der Waals surface area contributed by atoms with Crippen molar-refractivity contribution in [1.82, 2.24) is 10.2 Å². The molecule has 0 aromatic heterocycles. The molecule has 1 saturated heterocycles. The van der Waals surface area contributed by atoms with Crippen LogP contribution in [0.2, 0.25) is 0 Å². The van der Waals surface area contributed by atoms with Crippen molar-refractivity contribution >= 4 is 17.7 Å². The zero-order chi connectivity index (χ0) is 19.2. The lowest BCUT2D eigenvalue weighted by atomic mass is 10.1. The first-order valence-electron chi connectivity index (χ1n) is 8.66. The van der Waals surface area contributed by atoms with Crippen molar-refractivity contribution in [1.29, 1.82) is 0 Å². The van der Waals surface area contributed by atoms with Gasteiger partial charge in [-0.3, -0.25) is 15.0 Å². The monoisotopic (exact) mass is 365 g/mol. The van der Waals surface area contributed by atoms with Crippen molar-refractivity contribution in [2.45, 2.75) is 26.4 Å². The normalized spacial score (nSPS) is 15.3. The van der Waals surface area contributed by atoms with Gasteiger partial charge in [-0.25, -0.2) is 4.79 Å². The van der Waals surface area contributed by atoms with Gasteiger partial charge in [0.25, 0.3) is 5.91 Å². The van der Waals surface area contributed by atoms with Crippen molar-refractivity contribution in [3.05, 3.63) is 23.8 Å². The van der Waals surface area contributed by atoms with Gasteiger partial charge in [-0.05, 0) is 39.0 Å². The quantitative estimate of drug-likeness (QED) is 0.688. The third kappa shape index (κ3) is 6.53. The Balaban J connectivity index is 1.90. The van der Waals surface area contributed by atoms with E-state index in [4.69, 9.17) is 9.47 Å². The highest BCUT2D eigenvalue weighted by atomic mass is 16.6. The number of morpholine rings is 1. The Morgan fingerprint density at radius 3 is 2.62 bits per heavy atom. The number of phenols is 1. The van der Waals surface area contributed by atoms with E-state index in [-0.39, 0.29) is 11.3 Å². The fraction of sp³-hybridized carbons (Fsp3) is 0.556. The maximum Gasteiger partial charge on any atom is 0.412 e. The van der Waals surface area contributed by atoms with Crippen LogP contribution >= 0.6 is 0 Å². The van der Waals surface area contributed by atoms with Gasteiger partial charge >= 0.3 is 6.09 Å². The number of anilines is 1. The summed E-state index contributed by atoms with van der Waals surface area (Å²) in [5, 5.41) is 15.3. The van der Waals surface area contributed by atoms with Crippen LogP contribution in [-0.4, -0.2) is 67.0 Å². The Labute approximate surface area is 153 Å². The zero-order valence-electron chi connectivity index (χ0n) is 15.5. The van der Waals surface area contributed by atoms with Crippen LogP contribution in [0, 0.1) is 0 Å². The maximum atomic E-state index is 12.3. The van der Waals surface area contributed by atoms with Gasteiger partial charge in [-0.15, -0.1) is 0 Å². The molecule has 26 heavy (non-hydrogen) atoms. The number of hydrogen-bond donors (Lipinski definition) is 3. The Morgan fingerprint density at radius 1 is 1.27 bits per heavy atom. The molecule has 3 N–H and O–H groups in total. The maximum absolute atomic E-state index is 12.3. The molecule has 1 fully saturated rings. The van der Waals surface area contributed by atoms with E-state index in [2.05, 4.69) is 15.5 Å². The molecule has 1 aliphatic rings. The number of carbonyl (C=O) groups excluding carboxylic acids is 2. The fourth-order valence-corrected chi connectivity index (χ4v) is 2.46. The fourth-order valence-electron chi connectivity index (χ4n) is 2.46. The van der Waals surface area contributed by atoms with Gasteiger partial charge < -0.3 is 19.9 Å². The minimum atomic E-state index is -0.624. The highest BCUT2D eigenvalue weighted by molar-refractivity contribution is 5.98. The molecule has 0 atom stereocenters. The third-order valence-electron chi connectivity index (χ3n) is 3.70. The van der Waals surface area contributed by atoms with E-state index in [1.165, 1.54) is 18.2 Å². The number of benzene rings is 1. The van der Waals surface area contributed by atoms with E-state index in [0.717, 1.165) is 13.1 Å². The lowest BCUT2D eigenvalue weighted by molar-refractivity contribution is 0.0383. The molecule has 144 valence electrons. The van der Waals surface area contributed by atoms with E-state index in [1.54, 1.807) is 20.8 Å². The van der Waals surface area contributed by atoms with Gasteiger partial charge in [0.1, 0.15) is 11.4 Å². The highest BCUT2D eigenvalue weighted by Crippen LogP contribution is 2.22. The van der Waals surface area contributed by atoms with Gasteiger partial charge in [0.2, 0.25) is 0 Å². The predicted octanol–water partition coefficient (Wildman–Crippen LogP) is 1.80. The molecular formula is C18H27N3O5. The largest absolute Gasteiger partial charge is 0.507 e. The van der Waals surface area contributed by atoms with Crippen molar-refractivity contribution < 1.29 is 24.2 Å². The second-order valence-electron chi connectivity index (χ2n) is 7.07. The van der Waals surface area contributed by atoms with Crippen LogP contribution in [0.25, 0.3) is 0 Å². The number of carbonyl (C=O) groups is 2. The molecule has 1 heterocycles. The number of ether oxygens (including phenoxy) is 2. The van der Waals surface area contributed by atoms with Crippen LogP contribution in [0.15, 0.2) is 18.2 Å². The van der Waals surface area contributed by atoms with E-state index < -0.39 is 17.6 Å². The first-order chi connectivity index (χ1) is 12.2. The van der Waals surface area contributed by atoms with Crippen LogP contribution in [0.5, 0.6) is 5.75 Å². The Morgan fingerprint density at radius 2 is 1.96 bits per heavy atom. The number of phenolic OH excluding ortho intramolecular Hbond substituents is 1. The molecule has 0 radical (unpaired) electrons. The summed E-state index contributed by atoms with van der Waals surface area (Å²) in [4.78, 5) is 26.3. The van der Waals surface area contributed by atoms with Gasteiger partial charge in [-0.1, -0.05) is 0 Å². The van der Waals surface area contributed by atoms with Gasteiger partial charge in [-0.2, -0.15) is 0 Å². The first kappa shape index (κ1) is 20.0. The average Bonchev–Trinajstić information content (AvgIpc) is 2.55. The predicted molar refractivity (Wildman–Crippen MR) is 97.6 cm³/mol. The molecule has 0 unspecified atom stereocenters. The second kappa shape index (κ2) is 8.86. The third-order valence-corrected chi connectivity index (χ3v) is 3.70. The minimum Gasteiger partial charge on any atom is -0.507 e. The average molecular weight is 365 g/mol. The summed E-state index contributed by atoms with van der Waals surface area (Å²) in [5.74, 6) is -0.549. The lowest BCUT2D eigenvalue weighted by Crippen LogP contribution is -2.41. The Bertz CT molecular complexity index is 636. The SMILES string of the molecule is CC(C)(C)OC(=O)Nc1ccc(O)c(C(=O)NCCN2CCOCC2)c1. The van der Waals surface area contributed by atoms with E-state index >= 15 is 0 Å². The molecule has 0 bridgehead atoms. The van der Waals surface area contributed by atoms with E-state index in [0.29, 0.717) is 32.0 Å². The van der Waals surface area contributed by atoms with E-state index in [1.807, 2.05) is 0 Å². The molecule has 1 aliphatic heterocycles. The summed E-state index contributed by atoms with van der Waals surface area (Å²) in [7, 11) is 0. The molecule has 0 aliphatic carbocycles. The summed E-state index contributed by atoms with van der Waals surface area (Å²) in [6.07, 6.45) is -0.623. The van der Waals surface area contributed by atoms with Crippen LogP contribution in [0.1, 0.15) is 31.1 Å². The second-order valence-corrected chi connectivity index (χ2v) is 7.07. The molecule has 1 aromatic carbocycles. The summed E-state index contributed by atoms with van der Waals surface area (Å²) in [6.45, 7) is 9.55. The van der Waals surface area contributed by atoms with Crippen molar-refractivity contribution in [3.63, 3.8) is 0 Å². The molecule has 8 nitrogen and oxygen atoms in total. The topological polar surface area (TPSA) is 100 Å². The minimum absolute atomic E-state index is 0.0977. The van der Waals surface area contributed by atoms with Gasteiger partial charge in [0.15, 0.2) is 0 Å². The number of aromatic hydroxyl groups is 1. The van der Waals surface area contributed by atoms with Gasteiger partial charge in [0.05, 0.1) is 18.8 Å². The molecule has 0 saturated carbocycles. The summed E-state index contributed by atoms with van der Waals surface area (Å²) in [6, 6.07) is 4.29. The zero-order valence-corrected chi connectivity index (χ0v) is 15.5. The van der Waals surface area contributed by atoms with Crippen LogP contribution in [0.3, 0.4) is 0 Å². The molecule has 1 aromatic rings. The molecular weight excluding hydrogens is 338 g/mol. The highest BCUT2D eigenvalue weighted by Gasteiger charge is 2.18. The van der Waals surface area contributed by atoms with Crippen LogP contribution in [-0.2, 0) is 9.47 Å². The van der Waals surface area contributed by atoms with Crippen molar-refractivity contribution in [3.8, 4) is 5.75 Å². The number of nitrogens with zero attached hydrogens (tertiary/aromatic N) is 1. The Hall–Kier alpha value is -2.32. The summed E-state index contributed by atoms with van der Waals surface area (Å²) < 4.78 is 10.5. The Kier molecular flexibility index (Phi) is 6.82. The first-order valence-corrected chi connectivity index (χ1v) is 8.66. The smallest absolute Gasteiger partial charge is 0.412 e. The standard InChI is InChI=1S/C18H27N3O5/c1-18(2,3)26-17(24)20-13-4-5-15(22)14(12-13)16(23)19-6-7-21-8-10-25-11-9-21/h4-5,12,22H,6-11H2,1-3H3,(H,19,23)(H,20,24). The summed E-state index contributed by atoms with van der Waals surface area (Å²) >= 11 is 0. The van der Waals surface area contributed by atoms with Crippen LogP contribution in [0.4, 0.5) is 10.5 Å². The molecule has 2 rings (SSSR count). The van der Waals surface area contributed by atoms with Crippen molar-refractivity contribution in [2.75, 3.05) is 44.7 Å². The lowest BCUT2D eigenvalue weighted by Gasteiger charge is -2.26. The number of nitrogens with one attached hydrogen (secondary N) is 2. The van der Waals surface area contributed by atoms with E-state index in [9.17, 15) is 14.7 Å². The molecule has 8 heteroatoms. The van der Waals surface area contributed by atoms with Gasteiger partial charge in [0, 0.05) is 31.9 Å². The number of amides is 2. The molecule has 0 spiro atoms. The molecule has 2 amide bonds. The number of hydrogen-bond acceptors (Lipinski definition) is 6. The van der Waals surface area contributed by atoms with Crippen LogP contribution < -0.4 is 10.6 Å². The van der Waals surface area contributed by atoms with Crippen molar-refractivity contribution in [2.24, 2.45) is 0 Å².